The number of nitrogens with one attached hydrogen (secondary N) is 1. The van der Waals surface area contributed by atoms with Gasteiger partial charge in [-0.25, -0.2) is 17.9 Å². The number of carbonyl (C=O) groups is 1. The number of hydrogen-bond acceptors (Lipinski definition) is 5. The maximum atomic E-state index is 12.0. The summed E-state index contributed by atoms with van der Waals surface area (Å²) in [5, 5.41) is 17.3. The Morgan fingerprint density at radius 3 is 2.67 bits per heavy atom. The highest BCUT2D eigenvalue weighted by Crippen LogP contribution is 2.22. The quantitative estimate of drug-likeness (QED) is 0.572. The SMILES string of the molecule is O=C(O)c1ccc(Cl)c(S(=O)(=O)NCCCOCCO)c1. The molecule has 0 heterocycles. The predicted octanol–water partition coefficient (Wildman–Crippen LogP) is 0.715. The molecule has 7 nitrogen and oxygen atoms in total. The van der Waals surface area contributed by atoms with Gasteiger partial charge in [-0.15, -0.1) is 0 Å². The minimum Gasteiger partial charge on any atom is -0.478 e. The molecule has 118 valence electrons. The lowest BCUT2D eigenvalue weighted by Crippen LogP contribution is -2.26. The van der Waals surface area contributed by atoms with E-state index in [-0.39, 0.29) is 35.2 Å². The number of hydrogen-bond donors (Lipinski definition) is 3. The summed E-state index contributed by atoms with van der Waals surface area (Å²) in [6.45, 7) is 0.510. The average molecular weight is 338 g/mol. The number of carboxylic acids is 1. The second-order valence-electron chi connectivity index (χ2n) is 4.04. The molecule has 0 fully saturated rings. The van der Waals surface area contributed by atoms with Crippen LogP contribution in [0.5, 0.6) is 0 Å². The van der Waals surface area contributed by atoms with Crippen LogP contribution in [0.4, 0.5) is 0 Å². The second-order valence-corrected chi connectivity index (χ2v) is 6.18. The topological polar surface area (TPSA) is 113 Å². The first-order chi connectivity index (χ1) is 9.88. The fraction of sp³-hybridized carbons (Fsp3) is 0.417. The van der Waals surface area contributed by atoms with Crippen LogP contribution in [0.3, 0.4) is 0 Å². The number of aliphatic hydroxyl groups is 1. The summed E-state index contributed by atoms with van der Waals surface area (Å²) in [5.41, 5.74) is -0.161. The fourth-order valence-electron chi connectivity index (χ4n) is 1.47. The highest BCUT2D eigenvalue weighted by Gasteiger charge is 2.19. The summed E-state index contributed by atoms with van der Waals surface area (Å²) >= 11 is 5.80. The summed E-state index contributed by atoms with van der Waals surface area (Å²) in [6.07, 6.45) is 0.412. The van der Waals surface area contributed by atoms with Crippen LogP contribution >= 0.6 is 11.6 Å². The zero-order valence-corrected chi connectivity index (χ0v) is 12.7. The van der Waals surface area contributed by atoms with Crippen LogP contribution in [-0.4, -0.2) is 51.0 Å². The molecule has 0 bridgehead atoms. The van der Waals surface area contributed by atoms with E-state index in [4.69, 9.17) is 26.6 Å². The number of carboxylic acid groups (broad SMARTS) is 1. The van der Waals surface area contributed by atoms with Gasteiger partial charge in [0, 0.05) is 13.2 Å². The number of ether oxygens (including phenoxy) is 1. The first kappa shape index (κ1) is 17.9. The highest BCUT2D eigenvalue weighted by atomic mass is 35.5. The lowest BCUT2D eigenvalue weighted by Gasteiger charge is -2.09. The molecule has 0 unspecified atom stereocenters. The Morgan fingerprint density at radius 2 is 2.05 bits per heavy atom. The summed E-state index contributed by atoms with van der Waals surface area (Å²) in [6, 6.07) is 3.46. The van der Waals surface area contributed by atoms with E-state index in [9.17, 15) is 13.2 Å². The molecule has 0 aliphatic heterocycles. The maximum absolute atomic E-state index is 12.0. The van der Waals surface area contributed by atoms with E-state index in [0.29, 0.717) is 13.0 Å². The normalized spacial score (nSPS) is 11.5. The van der Waals surface area contributed by atoms with Gasteiger partial charge >= 0.3 is 5.97 Å². The van der Waals surface area contributed by atoms with Crippen molar-refractivity contribution in [2.75, 3.05) is 26.4 Å². The van der Waals surface area contributed by atoms with Gasteiger partial charge < -0.3 is 14.9 Å². The molecule has 0 aliphatic carbocycles. The Kier molecular flexibility index (Phi) is 7.06. The van der Waals surface area contributed by atoms with Crippen molar-refractivity contribution in [2.24, 2.45) is 0 Å². The van der Waals surface area contributed by atoms with Gasteiger partial charge in [-0.05, 0) is 24.6 Å². The van der Waals surface area contributed by atoms with Crippen molar-refractivity contribution in [3.05, 3.63) is 28.8 Å². The molecule has 0 aromatic heterocycles. The third-order valence-electron chi connectivity index (χ3n) is 2.46. The molecular weight excluding hydrogens is 322 g/mol. The number of benzene rings is 1. The second kappa shape index (κ2) is 8.30. The lowest BCUT2D eigenvalue weighted by molar-refractivity contribution is 0.0696. The van der Waals surface area contributed by atoms with Gasteiger partial charge in [-0.2, -0.15) is 0 Å². The number of halogens is 1. The molecule has 1 rings (SSSR count). The van der Waals surface area contributed by atoms with E-state index in [1.165, 1.54) is 12.1 Å². The average Bonchev–Trinajstić information content (AvgIpc) is 2.42. The largest absolute Gasteiger partial charge is 0.478 e. The zero-order valence-electron chi connectivity index (χ0n) is 11.1. The van der Waals surface area contributed by atoms with Crippen LogP contribution in [-0.2, 0) is 14.8 Å². The number of aromatic carboxylic acids is 1. The summed E-state index contributed by atoms with van der Waals surface area (Å²) < 4.78 is 31.4. The van der Waals surface area contributed by atoms with Crippen molar-refractivity contribution in [1.29, 1.82) is 0 Å². The molecule has 21 heavy (non-hydrogen) atoms. The molecular formula is C12H16ClNO6S. The number of sulfonamides is 1. The van der Waals surface area contributed by atoms with Gasteiger partial charge in [0.15, 0.2) is 0 Å². The third-order valence-corrected chi connectivity index (χ3v) is 4.40. The van der Waals surface area contributed by atoms with Gasteiger partial charge in [0.2, 0.25) is 10.0 Å². The lowest BCUT2D eigenvalue weighted by atomic mass is 10.2. The number of rotatable bonds is 9. The van der Waals surface area contributed by atoms with Crippen LogP contribution in [0.25, 0.3) is 0 Å². The molecule has 0 spiro atoms. The van der Waals surface area contributed by atoms with Crippen LogP contribution in [0, 0.1) is 0 Å². The van der Waals surface area contributed by atoms with Gasteiger partial charge in [-0.3, -0.25) is 0 Å². The van der Waals surface area contributed by atoms with Crippen LogP contribution in [0.15, 0.2) is 23.1 Å². The van der Waals surface area contributed by atoms with Crippen molar-refractivity contribution in [3.63, 3.8) is 0 Å². The predicted molar refractivity (Wildman–Crippen MR) is 76.1 cm³/mol. The zero-order chi connectivity index (χ0) is 15.9. The fourth-order valence-corrected chi connectivity index (χ4v) is 3.07. The van der Waals surface area contributed by atoms with E-state index in [1.54, 1.807) is 0 Å². The van der Waals surface area contributed by atoms with E-state index in [2.05, 4.69) is 4.72 Å². The Bertz CT molecular complexity index is 589. The van der Waals surface area contributed by atoms with Gasteiger partial charge in [0.25, 0.3) is 0 Å². The molecule has 3 N–H and O–H groups in total. The van der Waals surface area contributed by atoms with E-state index in [1.807, 2.05) is 0 Å². The minimum absolute atomic E-state index is 0.0518. The Hall–Kier alpha value is -1.19. The standard InChI is InChI=1S/C12H16ClNO6S/c13-10-3-2-9(12(16)17)8-11(10)21(18,19)14-4-1-6-20-7-5-15/h2-3,8,14-15H,1,4-7H2,(H,16,17). The first-order valence-corrected chi connectivity index (χ1v) is 7.95. The van der Waals surface area contributed by atoms with E-state index < -0.39 is 16.0 Å². The van der Waals surface area contributed by atoms with E-state index >= 15 is 0 Å². The molecule has 0 atom stereocenters. The van der Waals surface area contributed by atoms with Crippen molar-refractivity contribution in [1.82, 2.24) is 4.72 Å². The molecule has 0 radical (unpaired) electrons. The maximum Gasteiger partial charge on any atom is 0.335 e. The Balaban J connectivity index is 2.70. The summed E-state index contributed by atoms with van der Waals surface area (Å²) in [7, 11) is -3.89. The molecule has 1 aromatic rings. The molecule has 0 amide bonds. The third kappa shape index (κ3) is 5.60. The Morgan fingerprint density at radius 1 is 1.33 bits per heavy atom. The molecule has 9 heteroatoms. The highest BCUT2D eigenvalue weighted by molar-refractivity contribution is 7.89. The monoisotopic (exact) mass is 337 g/mol. The first-order valence-electron chi connectivity index (χ1n) is 6.09. The molecule has 0 saturated carbocycles. The van der Waals surface area contributed by atoms with E-state index in [0.717, 1.165) is 6.07 Å². The van der Waals surface area contributed by atoms with Crippen molar-refractivity contribution in [3.8, 4) is 0 Å². The number of aliphatic hydroxyl groups excluding tert-OH is 1. The van der Waals surface area contributed by atoms with Crippen LogP contribution < -0.4 is 4.72 Å². The van der Waals surface area contributed by atoms with Crippen molar-refractivity contribution in [2.45, 2.75) is 11.3 Å². The van der Waals surface area contributed by atoms with Crippen molar-refractivity contribution < 1.29 is 28.2 Å². The van der Waals surface area contributed by atoms with Crippen LogP contribution in [0.2, 0.25) is 5.02 Å². The summed E-state index contributed by atoms with van der Waals surface area (Å²) in [4.78, 5) is 10.6. The molecule has 0 aliphatic rings. The molecule has 1 aromatic carbocycles. The Labute approximate surface area is 127 Å². The van der Waals surface area contributed by atoms with Gasteiger partial charge in [0.05, 0.1) is 23.8 Å². The van der Waals surface area contributed by atoms with Gasteiger partial charge in [0.1, 0.15) is 4.90 Å². The van der Waals surface area contributed by atoms with Crippen LogP contribution in [0.1, 0.15) is 16.8 Å². The summed E-state index contributed by atoms with van der Waals surface area (Å²) in [5.74, 6) is -1.24. The smallest absolute Gasteiger partial charge is 0.335 e. The van der Waals surface area contributed by atoms with Gasteiger partial charge in [-0.1, -0.05) is 11.6 Å². The minimum atomic E-state index is -3.89. The van der Waals surface area contributed by atoms with Crippen molar-refractivity contribution >= 4 is 27.6 Å². The molecule has 0 saturated heterocycles.